The smallest absolute Gasteiger partial charge is 0.256 e. The highest BCUT2D eigenvalue weighted by molar-refractivity contribution is 6.31. The van der Waals surface area contributed by atoms with E-state index in [2.05, 4.69) is 10.2 Å². The van der Waals surface area contributed by atoms with E-state index >= 15 is 0 Å². The van der Waals surface area contributed by atoms with Crippen LogP contribution in [-0.4, -0.2) is 42.9 Å². The first-order chi connectivity index (χ1) is 13.6. The molecule has 0 spiro atoms. The van der Waals surface area contributed by atoms with Gasteiger partial charge in [0.1, 0.15) is 0 Å². The summed E-state index contributed by atoms with van der Waals surface area (Å²) in [5.41, 5.74) is 2.75. The van der Waals surface area contributed by atoms with Crippen molar-refractivity contribution in [2.45, 2.75) is 25.7 Å². The lowest BCUT2D eigenvalue weighted by Gasteiger charge is -2.24. The average molecular weight is 398 g/mol. The lowest BCUT2D eigenvalue weighted by atomic mass is 10.1. The average Bonchev–Trinajstić information content (AvgIpc) is 3.41. The number of carbonyl (C=O) groups is 2. The van der Waals surface area contributed by atoms with Crippen LogP contribution in [0.3, 0.4) is 0 Å². The largest absolute Gasteiger partial charge is 0.371 e. The first-order valence-electron chi connectivity index (χ1n) is 9.87. The Morgan fingerprint density at radius 1 is 0.893 bits per heavy atom. The van der Waals surface area contributed by atoms with Crippen molar-refractivity contribution in [2.75, 3.05) is 36.4 Å². The molecule has 2 aliphatic rings. The van der Waals surface area contributed by atoms with Gasteiger partial charge in [-0.1, -0.05) is 17.7 Å². The van der Waals surface area contributed by atoms with Gasteiger partial charge in [0.25, 0.3) is 11.8 Å². The fraction of sp³-hybridized carbons (Fsp3) is 0.364. The summed E-state index contributed by atoms with van der Waals surface area (Å²) in [6.45, 7) is 3.54. The van der Waals surface area contributed by atoms with Crippen molar-refractivity contribution >= 4 is 34.8 Å². The lowest BCUT2D eigenvalue weighted by Crippen LogP contribution is -2.30. The molecule has 1 N–H and O–H groups in total. The van der Waals surface area contributed by atoms with Crippen molar-refractivity contribution in [1.29, 1.82) is 0 Å². The minimum atomic E-state index is -0.240. The van der Waals surface area contributed by atoms with Crippen LogP contribution in [0.15, 0.2) is 42.5 Å². The van der Waals surface area contributed by atoms with Crippen LogP contribution in [0.2, 0.25) is 5.02 Å². The molecule has 0 radical (unpaired) electrons. The molecule has 4 rings (SSSR count). The van der Waals surface area contributed by atoms with E-state index in [1.165, 1.54) is 0 Å². The van der Waals surface area contributed by atoms with E-state index < -0.39 is 0 Å². The molecular weight excluding hydrogens is 374 g/mol. The van der Waals surface area contributed by atoms with Crippen LogP contribution < -0.4 is 10.2 Å². The molecule has 0 aromatic heterocycles. The van der Waals surface area contributed by atoms with Gasteiger partial charge in [0.05, 0.1) is 5.56 Å². The topological polar surface area (TPSA) is 52.7 Å². The number of carbonyl (C=O) groups excluding carboxylic acids is 2. The first kappa shape index (κ1) is 18.8. The molecule has 0 aliphatic carbocycles. The monoisotopic (exact) mass is 397 g/mol. The molecule has 2 aromatic rings. The second-order valence-corrected chi connectivity index (χ2v) is 7.83. The molecule has 0 bridgehead atoms. The summed E-state index contributed by atoms with van der Waals surface area (Å²) < 4.78 is 0. The van der Waals surface area contributed by atoms with Gasteiger partial charge < -0.3 is 15.1 Å². The summed E-state index contributed by atoms with van der Waals surface area (Å²) in [6.07, 6.45) is 4.39. The van der Waals surface area contributed by atoms with Crippen LogP contribution in [0, 0.1) is 0 Å². The van der Waals surface area contributed by atoms with E-state index in [9.17, 15) is 9.59 Å². The molecular formula is C22H24ClN3O2. The number of amides is 2. The van der Waals surface area contributed by atoms with Gasteiger partial charge in [-0.2, -0.15) is 0 Å². The Labute approximate surface area is 170 Å². The van der Waals surface area contributed by atoms with E-state index in [0.717, 1.165) is 57.5 Å². The molecule has 2 aromatic carbocycles. The third-order valence-electron chi connectivity index (χ3n) is 5.41. The second kappa shape index (κ2) is 8.23. The molecule has 0 atom stereocenters. The standard InChI is InChI=1S/C22H24ClN3O2/c23-17-7-5-6-16(14-17)21(27)24-18-8-9-20(25-10-1-2-11-25)19(15-18)22(28)26-12-3-4-13-26/h5-9,14-15H,1-4,10-13H2,(H,24,27). The van der Waals surface area contributed by atoms with Crippen molar-refractivity contribution in [3.05, 3.63) is 58.6 Å². The van der Waals surface area contributed by atoms with Crippen molar-refractivity contribution in [1.82, 2.24) is 4.90 Å². The molecule has 2 heterocycles. The van der Waals surface area contributed by atoms with E-state index in [1.54, 1.807) is 24.3 Å². The number of benzene rings is 2. The normalized spacial score (nSPS) is 16.5. The van der Waals surface area contributed by atoms with Gasteiger partial charge in [0.2, 0.25) is 0 Å². The summed E-state index contributed by atoms with van der Waals surface area (Å²) in [4.78, 5) is 29.9. The maximum atomic E-state index is 13.1. The summed E-state index contributed by atoms with van der Waals surface area (Å²) in [5, 5.41) is 3.42. The Kier molecular flexibility index (Phi) is 5.53. The highest BCUT2D eigenvalue weighted by Gasteiger charge is 2.25. The van der Waals surface area contributed by atoms with Crippen LogP contribution in [-0.2, 0) is 0 Å². The molecule has 2 fully saturated rings. The molecule has 5 nitrogen and oxygen atoms in total. The number of anilines is 2. The number of rotatable bonds is 4. The van der Waals surface area contributed by atoms with Gasteiger partial charge >= 0.3 is 0 Å². The number of hydrogen-bond donors (Lipinski definition) is 1. The van der Waals surface area contributed by atoms with Gasteiger partial charge in [-0.05, 0) is 62.1 Å². The maximum absolute atomic E-state index is 13.1. The second-order valence-electron chi connectivity index (χ2n) is 7.39. The lowest BCUT2D eigenvalue weighted by molar-refractivity contribution is 0.0793. The molecule has 2 amide bonds. The summed E-state index contributed by atoms with van der Waals surface area (Å²) in [5.74, 6) is -0.186. The Balaban J connectivity index is 1.62. The van der Waals surface area contributed by atoms with Gasteiger partial charge in [-0.25, -0.2) is 0 Å². The fourth-order valence-corrected chi connectivity index (χ4v) is 4.13. The predicted octanol–water partition coefficient (Wildman–Crippen LogP) is 4.43. The van der Waals surface area contributed by atoms with E-state index in [4.69, 9.17) is 11.6 Å². The SMILES string of the molecule is O=C(Nc1ccc(N2CCCC2)c(C(=O)N2CCCC2)c1)c1cccc(Cl)c1. The molecule has 2 saturated heterocycles. The molecule has 0 unspecified atom stereocenters. The van der Waals surface area contributed by atoms with Crippen LogP contribution in [0.5, 0.6) is 0 Å². The minimum Gasteiger partial charge on any atom is -0.371 e. The van der Waals surface area contributed by atoms with Crippen molar-refractivity contribution in [2.24, 2.45) is 0 Å². The summed E-state index contributed by atoms with van der Waals surface area (Å²) in [6, 6.07) is 12.5. The third kappa shape index (κ3) is 3.99. The maximum Gasteiger partial charge on any atom is 0.256 e. The number of likely N-dealkylation sites (tertiary alicyclic amines) is 1. The van der Waals surface area contributed by atoms with Gasteiger partial charge in [0.15, 0.2) is 0 Å². The number of hydrogen-bond acceptors (Lipinski definition) is 3. The zero-order chi connectivity index (χ0) is 19.5. The highest BCUT2D eigenvalue weighted by Crippen LogP contribution is 2.30. The quantitative estimate of drug-likeness (QED) is 0.830. The summed E-state index contributed by atoms with van der Waals surface area (Å²) in [7, 11) is 0. The van der Waals surface area contributed by atoms with Crippen LogP contribution in [0.4, 0.5) is 11.4 Å². The molecule has 146 valence electrons. The van der Waals surface area contributed by atoms with Gasteiger partial charge in [-0.15, -0.1) is 0 Å². The van der Waals surface area contributed by atoms with Gasteiger partial charge in [-0.3, -0.25) is 9.59 Å². The molecule has 2 aliphatic heterocycles. The molecule has 28 heavy (non-hydrogen) atoms. The van der Waals surface area contributed by atoms with Crippen molar-refractivity contribution in [3.63, 3.8) is 0 Å². The Hall–Kier alpha value is -2.53. The number of nitrogens with zero attached hydrogens (tertiary/aromatic N) is 2. The summed E-state index contributed by atoms with van der Waals surface area (Å²) >= 11 is 5.99. The predicted molar refractivity (Wildman–Crippen MR) is 112 cm³/mol. The fourth-order valence-electron chi connectivity index (χ4n) is 3.94. The minimum absolute atomic E-state index is 0.0539. The Morgan fingerprint density at radius 3 is 2.32 bits per heavy atom. The third-order valence-corrected chi connectivity index (χ3v) is 5.65. The van der Waals surface area contributed by atoms with E-state index in [-0.39, 0.29) is 11.8 Å². The molecule has 0 saturated carbocycles. The van der Waals surface area contributed by atoms with Crippen molar-refractivity contribution < 1.29 is 9.59 Å². The molecule has 6 heteroatoms. The highest BCUT2D eigenvalue weighted by atomic mass is 35.5. The van der Waals surface area contributed by atoms with Crippen LogP contribution in [0.25, 0.3) is 0 Å². The Morgan fingerprint density at radius 2 is 1.61 bits per heavy atom. The number of nitrogens with one attached hydrogen (secondary N) is 1. The van der Waals surface area contributed by atoms with E-state index in [1.807, 2.05) is 23.1 Å². The van der Waals surface area contributed by atoms with Gasteiger partial charge in [0, 0.05) is 48.1 Å². The first-order valence-corrected chi connectivity index (χ1v) is 10.2. The van der Waals surface area contributed by atoms with Crippen LogP contribution >= 0.6 is 11.6 Å². The zero-order valence-corrected chi connectivity index (χ0v) is 16.5. The van der Waals surface area contributed by atoms with E-state index in [0.29, 0.717) is 21.8 Å². The Bertz CT molecular complexity index is 887. The number of halogens is 1. The zero-order valence-electron chi connectivity index (χ0n) is 15.8. The van der Waals surface area contributed by atoms with Crippen LogP contribution in [0.1, 0.15) is 46.4 Å². The van der Waals surface area contributed by atoms with Crippen molar-refractivity contribution in [3.8, 4) is 0 Å².